The van der Waals surface area contributed by atoms with Crippen LogP contribution in [0.1, 0.15) is 56.6 Å². The highest BCUT2D eigenvalue weighted by molar-refractivity contribution is 6.01. The van der Waals surface area contributed by atoms with Gasteiger partial charge in [-0.05, 0) is 131 Å². The van der Waals surface area contributed by atoms with Gasteiger partial charge in [0.25, 0.3) is 0 Å². The Bertz CT molecular complexity index is 2560. The van der Waals surface area contributed by atoms with Gasteiger partial charge in [0.2, 0.25) is 0 Å². The van der Waals surface area contributed by atoms with Crippen molar-refractivity contribution >= 4 is 55.7 Å². The molecule has 0 heterocycles. The first-order chi connectivity index (χ1) is 28.2. The summed E-state index contributed by atoms with van der Waals surface area (Å²) in [4.78, 5) is 5.02. The van der Waals surface area contributed by atoms with E-state index >= 15 is 0 Å². The number of para-hydroxylation sites is 2. The molecule has 0 aliphatic heterocycles. The lowest BCUT2D eigenvalue weighted by molar-refractivity contribution is 0.0557. The van der Waals surface area contributed by atoms with Crippen molar-refractivity contribution in [1.82, 2.24) is 0 Å². The normalized spacial score (nSPS) is 19.0. The number of hydrogen-bond acceptors (Lipinski definition) is 2. The molecule has 2 bridgehead atoms. The van der Waals surface area contributed by atoms with Crippen molar-refractivity contribution in [2.24, 2.45) is 17.8 Å². The largest absolute Gasteiger partial charge is 0.310 e. The average Bonchev–Trinajstić information content (AvgIpc) is 3.56. The predicted octanol–water partition coefficient (Wildman–Crippen LogP) is 15.4. The van der Waals surface area contributed by atoms with E-state index in [9.17, 15) is 0 Å². The zero-order valence-corrected chi connectivity index (χ0v) is 32.7. The number of anilines is 6. The molecule has 8 aromatic rings. The van der Waals surface area contributed by atoms with Crippen LogP contribution in [0, 0.1) is 17.8 Å². The van der Waals surface area contributed by atoms with Crippen LogP contribution < -0.4 is 9.80 Å². The monoisotopic (exact) mass is 736 g/mol. The molecule has 278 valence electrons. The van der Waals surface area contributed by atoms with Gasteiger partial charge in [-0.2, -0.15) is 0 Å². The molecule has 0 saturated heterocycles. The maximum absolute atomic E-state index is 2.63. The predicted molar refractivity (Wildman–Crippen MR) is 241 cm³/mol. The zero-order chi connectivity index (χ0) is 37.9. The van der Waals surface area contributed by atoms with Crippen molar-refractivity contribution in [3.8, 4) is 11.1 Å². The minimum atomic E-state index is -0.0649. The molecule has 2 fully saturated rings. The summed E-state index contributed by atoms with van der Waals surface area (Å²) in [5.41, 5.74) is 13.1. The van der Waals surface area contributed by atoms with E-state index in [0.29, 0.717) is 11.8 Å². The topological polar surface area (TPSA) is 6.48 Å². The number of nitrogens with zero attached hydrogens (tertiary/aromatic N) is 2. The van der Waals surface area contributed by atoms with Crippen molar-refractivity contribution < 1.29 is 0 Å². The fraction of sp³-hybridized carbons (Fsp3) is 0.200. The Morgan fingerprint density at radius 2 is 0.965 bits per heavy atom. The van der Waals surface area contributed by atoms with Crippen LogP contribution >= 0.6 is 0 Å². The summed E-state index contributed by atoms with van der Waals surface area (Å²) in [6.07, 6.45) is 7.80. The second kappa shape index (κ2) is 13.8. The van der Waals surface area contributed by atoms with Gasteiger partial charge < -0.3 is 9.80 Å². The van der Waals surface area contributed by atoms with Crippen LogP contribution in [0.3, 0.4) is 0 Å². The van der Waals surface area contributed by atoms with Gasteiger partial charge in [0.05, 0.1) is 11.4 Å². The maximum Gasteiger partial charge on any atom is 0.0540 e. The van der Waals surface area contributed by atoms with E-state index in [2.05, 4.69) is 199 Å². The summed E-state index contributed by atoms with van der Waals surface area (Å²) in [5, 5.41) is 5.05. The molecule has 0 N–H and O–H groups in total. The molecular formula is C55H48N2. The molecule has 2 saturated carbocycles. The van der Waals surface area contributed by atoms with Crippen LogP contribution in [0.5, 0.6) is 0 Å². The third-order valence-electron chi connectivity index (χ3n) is 13.9. The second-order valence-corrected chi connectivity index (χ2v) is 16.7. The van der Waals surface area contributed by atoms with E-state index in [0.717, 1.165) is 5.92 Å². The summed E-state index contributed by atoms with van der Waals surface area (Å²) >= 11 is 0. The number of rotatable bonds is 7. The van der Waals surface area contributed by atoms with Crippen molar-refractivity contribution in [2.45, 2.75) is 50.9 Å². The highest BCUT2D eigenvalue weighted by Crippen LogP contribution is 2.66. The van der Waals surface area contributed by atoms with E-state index in [1.807, 2.05) is 0 Å². The van der Waals surface area contributed by atoms with Gasteiger partial charge >= 0.3 is 0 Å². The smallest absolute Gasteiger partial charge is 0.0540 e. The van der Waals surface area contributed by atoms with Crippen LogP contribution in [-0.2, 0) is 5.41 Å². The number of benzene rings is 8. The SMILES string of the molecule is CCC1CC2CCCC(C2)C12c1cc(N(c3ccccc3)c3cccc4ccccc34)ccc1-c1ccc(N(c3ccccc3)c3cccc4ccccc34)cc12. The molecule has 57 heavy (non-hydrogen) atoms. The van der Waals surface area contributed by atoms with Gasteiger partial charge in [0.1, 0.15) is 0 Å². The summed E-state index contributed by atoms with van der Waals surface area (Å²) < 4.78 is 0. The summed E-state index contributed by atoms with van der Waals surface area (Å²) in [6, 6.07) is 68.1. The Kier molecular flexibility index (Phi) is 8.28. The fourth-order valence-electron chi connectivity index (χ4n) is 11.7. The van der Waals surface area contributed by atoms with E-state index in [-0.39, 0.29) is 5.41 Å². The van der Waals surface area contributed by atoms with Gasteiger partial charge in [-0.3, -0.25) is 0 Å². The van der Waals surface area contributed by atoms with Gasteiger partial charge in [0.15, 0.2) is 0 Å². The Morgan fingerprint density at radius 3 is 1.49 bits per heavy atom. The van der Waals surface area contributed by atoms with E-state index in [1.165, 1.54) is 105 Å². The van der Waals surface area contributed by atoms with Crippen LogP contribution in [0.2, 0.25) is 0 Å². The van der Waals surface area contributed by atoms with Gasteiger partial charge in [0, 0.05) is 38.9 Å². The molecule has 0 amide bonds. The summed E-state index contributed by atoms with van der Waals surface area (Å²) in [6.45, 7) is 2.47. The average molecular weight is 737 g/mol. The number of hydrogen-bond donors (Lipinski definition) is 0. The lowest BCUT2D eigenvalue weighted by atomic mass is 9.50. The molecule has 2 heteroatoms. The standard InChI is InChI=1S/C55H48N2/c1-2-41-34-38-16-13-21-42(35-38)55(41)51-36-45(56(43-22-5-3-6-23-43)53-28-14-19-39-17-9-11-26-47(39)53)30-32-49(51)50-33-31-46(37-52(50)55)57(44-24-7-4-8-25-44)54-29-15-20-40-18-10-12-27-48(40)54/h3-12,14-15,17-20,22-33,36-38,41-42H,2,13,16,21,34-35H2,1H3. The first kappa shape index (κ1) is 34.2. The second-order valence-electron chi connectivity index (χ2n) is 16.7. The van der Waals surface area contributed by atoms with E-state index < -0.39 is 0 Å². The van der Waals surface area contributed by atoms with Crippen molar-refractivity contribution in [3.63, 3.8) is 0 Å². The van der Waals surface area contributed by atoms with Crippen molar-refractivity contribution in [2.75, 3.05) is 9.80 Å². The van der Waals surface area contributed by atoms with Gasteiger partial charge in [-0.1, -0.05) is 148 Å². The Morgan fingerprint density at radius 1 is 0.474 bits per heavy atom. The zero-order valence-electron chi connectivity index (χ0n) is 32.7. The molecular weight excluding hydrogens is 689 g/mol. The molecule has 11 rings (SSSR count). The summed E-state index contributed by atoms with van der Waals surface area (Å²) in [5.74, 6) is 2.00. The molecule has 2 nitrogen and oxygen atoms in total. The number of fused-ring (bicyclic) bond motifs is 10. The molecule has 0 radical (unpaired) electrons. The Labute approximate surface area is 337 Å². The first-order valence-electron chi connectivity index (χ1n) is 21.2. The minimum Gasteiger partial charge on any atom is -0.310 e. The maximum atomic E-state index is 2.63. The quantitative estimate of drug-likeness (QED) is 0.161. The van der Waals surface area contributed by atoms with Crippen molar-refractivity contribution in [1.29, 1.82) is 0 Å². The molecule has 0 aromatic heterocycles. The molecule has 3 unspecified atom stereocenters. The van der Waals surface area contributed by atoms with Crippen LogP contribution in [0.4, 0.5) is 34.1 Å². The lowest BCUT2D eigenvalue weighted by Crippen LogP contribution is -2.48. The minimum absolute atomic E-state index is 0.0649. The van der Waals surface area contributed by atoms with Gasteiger partial charge in [-0.25, -0.2) is 0 Å². The third kappa shape index (κ3) is 5.37. The molecule has 3 aliphatic carbocycles. The Balaban J connectivity index is 1.15. The third-order valence-corrected chi connectivity index (χ3v) is 13.9. The van der Waals surface area contributed by atoms with Gasteiger partial charge in [-0.15, -0.1) is 0 Å². The first-order valence-corrected chi connectivity index (χ1v) is 21.2. The van der Waals surface area contributed by atoms with Crippen molar-refractivity contribution in [3.05, 3.63) is 193 Å². The van der Waals surface area contributed by atoms with Crippen LogP contribution in [0.25, 0.3) is 32.7 Å². The molecule has 3 atom stereocenters. The highest BCUT2D eigenvalue weighted by atomic mass is 15.1. The van der Waals surface area contributed by atoms with E-state index in [1.54, 1.807) is 11.1 Å². The lowest BCUT2D eigenvalue weighted by Gasteiger charge is -2.54. The summed E-state index contributed by atoms with van der Waals surface area (Å²) in [7, 11) is 0. The highest BCUT2D eigenvalue weighted by Gasteiger charge is 2.57. The van der Waals surface area contributed by atoms with Crippen LogP contribution in [-0.4, -0.2) is 0 Å². The molecule has 1 spiro atoms. The van der Waals surface area contributed by atoms with E-state index in [4.69, 9.17) is 0 Å². The van der Waals surface area contributed by atoms with Crippen LogP contribution in [0.15, 0.2) is 182 Å². The molecule has 8 aromatic carbocycles. The molecule has 3 aliphatic rings. The fourth-order valence-corrected chi connectivity index (χ4v) is 11.7. The Hall–Kier alpha value is -6.12.